The number of nitrogens with zero attached hydrogens (tertiary/aromatic N) is 7. The summed E-state index contributed by atoms with van der Waals surface area (Å²) in [4.78, 5) is 28.5. The SMILES string of the molecule is COc1cc(-n2ncc3c(-c4cccc(Nc5nc(C(F)F)nc6cc(CN(C)C7CCCCC7)cnc56)c4Cl)cccc32)nc(OC)c1CNC1CCOCC1O.O=CO. The number of fused-ring (bicyclic) bond motifs is 2. The maximum absolute atomic E-state index is 14.2. The number of hydrogen-bond donors (Lipinski definition) is 4. The van der Waals surface area contributed by atoms with Gasteiger partial charge in [-0.25, -0.2) is 23.4 Å². The molecule has 2 unspecified atom stereocenters. The average Bonchev–Trinajstić information content (AvgIpc) is 3.72. The molecule has 5 heterocycles. The number of benzene rings is 2. The number of alkyl halides is 2. The van der Waals surface area contributed by atoms with Crippen molar-refractivity contribution in [2.24, 2.45) is 0 Å². The lowest BCUT2D eigenvalue weighted by Crippen LogP contribution is -2.46. The maximum Gasteiger partial charge on any atom is 0.297 e. The second-order valence-electron chi connectivity index (χ2n) is 14.9. The van der Waals surface area contributed by atoms with Gasteiger partial charge >= 0.3 is 0 Å². The molecular formula is C43H48ClF2N9O6. The van der Waals surface area contributed by atoms with Gasteiger partial charge in [0.15, 0.2) is 17.5 Å². The fourth-order valence-electron chi connectivity index (χ4n) is 8.05. The largest absolute Gasteiger partial charge is 0.496 e. The lowest BCUT2D eigenvalue weighted by Gasteiger charge is -2.31. The molecule has 0 bridgehead atoms. The molecule has 1 aliphatic carbocycles. The fraction of sp³-hybridized carbons (Fsp3) is 0.395. The third kappa shape index (κ3) is 9.66. The van der Waals surface area contributed by atoms with Crippen LogP contribution in [0.3, 0.4) is 0 Å². The molecule has 4 N–H and O–H groups in total. The molecule has 4 aromatic heterocycles. The van der Waals surface area contributed by atoms with Crippen LogP contribution in [-0.2, 0) is 22.6 Å². The van der Waals surface area contributed by atoms with E-state index in [4.69, 9.17) is 45.8 Å². The van der Waals surface area contributed by atoms with Crippen molar-refractivity contribution in [1.29, 1.82) is 0 Å². The fourth-order valence-corrected chi connectivity index (χ4v) is 8.33. The van der Waals surface area contributed by atoms with Crippen molar-refractivity contribution in [2.75, 3.05) is 39.8 Å². The summed E-state index contributed by atoms with van der Waals surface area (Å²) in [6, 6.07) is 15.2. The molecule has 18 heteroatoms. The number of carboxylic acid groups (broad SMARTS) is 1. The Kier molecular flexibility index (Phi) is 14.2. The molecule has 0 amide bonds. The minimum Gasteiger partial charge on any atom is -0.496 e. The molecule has 15 nitrogen and oxygen atoms in total. The number of methoxy groups -OCH3 is 2. The van der Waals surface area contributed by atoms with E-state index in [0.29, 0.717) is 82.5 Å². The summed E-state index contributed by atoms with van der Waals surface area (Å²) in [6.07, 6.45) is 6.67. The van der Waals surface area contributed by atoms with Crippen LogP contribution in [0.2, 0.25) is 5.02 Å². The number of nitrogens with one attached hydrogen (secondary N) is 2. The zero-order valence-electron chi connectivity index (χ0n) is 34.0. The first-order valence-electron chi connectivity index (χ1n) is 20.0. The van der Waals surface area contributed by atoms with Crippen LogP contribution in [-0.4, -0.2) is 104 Å². The molecule has 322 valence electrons. The highest BCUT2D eigenvalue weighted by molar-refractivity contribution is 6.36. The van der Waals surface area contributed by atoms with Gasteiger partial charge in [-0.1, -0.05) is 55.1 Å². The molecule has 0 spiro atoms. The standard InChI is InChI=1S/C42H46ClF2N9O4.CH2O2/c1-53(25-9-5-4-6-10-25)22-24-17-32-38(47-19-24)40(52-41(50-32)39(44)45)49-31-13-7-12-27(37(31)43)26-11-8-14-33-28(26)21-48-54(33)36-18-35(56-2)29(42(51-36)57-3)20-46-30-15-16-58-23-34(30)55;2-1-3/h7-8,11-14,17-19,21,25,30,34,39,46,55H,4-6,9-10,15-16,20,22-23H2,1-3H3,(H,49,50,52);1H,(H,2,3). The minimum absolute atomic E-state index is 0.133. The molecule has 1 saturated heterocycles. The van der Waals surface area contributed by atoms with Crippen LogP contribution in [0.1, 0.15) is 61.9 Å². The van der Waals surface area contributed by atoms with Gasteiger partial charge in [0.1, 0.15) is 11.3 Å². The van der Waals surface area contributed by atoms with Gasteiger partial charge < -0.3 is 35.1 Å². The summed E-state index contributed by atoms with van der Waals surface area (Å²) in [7, 11) is 5.23. The summed E-state index contributed by atoms with van der Waals surface area (Å²) in [5, 5.41) is 29.7. The molecule has 8 rings (SSSR count). The number of aromatic nitrogens is 6. The Hall–Kier alpha value is -5.59. The summed E-state index contributed by atoms with van der Waals surface area (Å²) >= 11 is 7.14. The monoisotopic (exact) mass is 859 g/mol. The van der Waals surface area contributed by atoms with Crippen LogP contribution in [0.15, 0.2) is 60.9 Å². The normalized spacial score (nSPS) is 17.1. The lowest BCUT2D eigenvalue weighted by molar-refractivity contribution is -0.122. The topological polar surface area (TPSA) is 182 Å². The molecule has 1 aliphatic heterocycles. The van der Waals surface area contributed by atoms with E-state index in [0.717, 1.165) is 34.9 Å². The molecule has 61 heavy (non-hydrogen) atoms. The van der Waals surface area contributed by atoms with Crippen LogP contribution in [0, 0.1) is 0 Å². The third-order valence-electron chi connectivity index (χ3n) is 11.1. The number of aliphatic hydroxyl groups is 1. The van der Waals surface area contributed by atoms with E-state index >= 15 is 0 Å². The third-order valence-corrected chi connectivity index (χ3v) is 11.5. The number of hydrogen-bond acceptors (Lipinski definition) is 13. The molecule has 1 saturated carbocycles. The quantitative estimate of drug-likeness (QED) is 0.0839. The van der Waals surface area contributed by atoms with Crippen molar-refractivity contribution >= 4 is 51.5 Å². The van der Waals surface area contributed by atoms with Crippen LogP contribution in [0.25, 0.3) is 38.9 Å². The highest BCUT2D eigenvalue weighted by Crippen LogP contribution is 2.40. The first kappa shape index (κ1) is 43.5. The van der Waals surface area contributed by atoms with Crippen molar-refractivity contribution in [3.05, 3.63) is 82.9 Å². The van der Waals surface area contributed by atoms with E-state index in [2.05, 4.69) is 37.5 Å². The van der Waals surface area contributed by atoms with Gasteiger partial charge in [0, 0.05) is 55.0 Å². The van der Waals surface area contributed by atoms with Crippen molar-refractivity contribution in [3.8, 4) is 28.6 Å². The zero-order chi connectivity index (χ0) is 43.0. The number of halogens is 3. The predicted molar refractivity (Wildman–Crippen MR) is 227 cm³/mol. The maximum atomic E-state index is 14.2. The number of ether oxygens (including phenoxy) is 3. The first-order chi connectivity index (χ1) is 29.6. The predicted octanol–water partition coefficient (Wildman–Crippen LogP) is 7.48. The number of rotatable bonds is 13. The Morgan fingerprint density at radius 3 is 2.54 bits per heavy atom. The molecule has 2 aliphatic rings. The van der Waals surface area contributed by atoms with E-state index in [1.807, 2.05) is 36.4 Å². The summed E-state index contributed by atoms with van der Waals surface area (Å²) in [6.45, 7) is 1.60. The van der Waals surface area contributed by atoms with Gasteiger partial charge in [-0.2, -0.15) is 10.1 Å². The lowest BCUT2D eigenvalue weighted by atomic mass is 9.94. The van der Waals surface area contributed by atoms with Crippen LogP contribution >= 0.6 is 11.6 Å². The Morgan fingerprint density at radius 2 is 1.80 bits per heavy atom. The molecule has 2 aromatic carbocycles. The van der Waals surface area contributed by atoms with E-state index in [9.17, 15) is 13.9 Å². The van der Waals surface area contributed by atoms with Gasteiger partial charge in [-0.15, -0.1) is 0 Å². The number of aliphatic hydroxyl groups excluding tert-OH is 1. The van der Waals surface area contributed by atoms with Crippen molar-refractivity contribution in [1.82, 2.24) is 39.9 Å². The summed E-state index contributed by atoms with van der Waals surface area (Å²) in [5.74, 6) is 0.911. The van der Waals surface area contributed by atoms with E-state index in [1.54, 1.807) is 43.4 Å². The van der Waals surface area contributed by atoms with Crippen molar-refractivity contribution < 1.29 is 38.0 Å². The molecular weight excluding hydrogens is 812 g/mol. The van der Waals surface area contributed by atoms with Crippen molar-refractivity contribution in [3.63, 3.8) is 0 Å². The van der Waals surface area contributed by atoms with E-state index < -0.39 is 18.4 Å². The summed E-state index contributed by atoms with van der Waals surface area (Å²) in [5.41, 5.74) is 4.97. The molecule has 2 atom stereocenters. The molecule has 6 aromatic rings. The van der Waals surface area contributed by atoms with Gasteiger partial charge in [0.25, 0.3) is 12.9 Å². The average molecular weight is 860 g/mol. The van der Waals surface area contributed by atoms with Crippen LogP contribution < -0.4 is 20.1 Å². The summed E-state index contributed by atoms with van der Waals surface area (Å²) < 4.78 is 46.9. The number of anilines is 2. The second kappa shape index (κ2) is 19.9. The smallest absolute Gasteiger partial charge is 0.297 e. The van der Waals surface area contributed by atoms with Gasteiger partial charge in [-0.3, -0.25) is 14.7 Å². The number of pyridine rings is 2. The Balaban J connectivity index is 0.00000182. The zero-order valence-corrected chi connectivity index (χ0v) is 34.8. The minimum atomic E-state index is -2.89. The highest BCUT2D eigenvalue weighted by Gasteiger charge is 2.26. The Labute approximate surface area is 356 Å². The molecule has 0 radical (unpaired) electrons. The van der Waals surface area contributed by atoms with Gasteiger partial charge in [0.2, 0.25) is 5.88 Å². The van der Waals surface area contributed by atoms with Gasteiger partial charge in [0.05, 0.1) is 60.4 Å². The van der Waals surface area contributed by atoms with Crippen LogP contribution in [0.5, 0.6) is 11.6 Å². The first-order valence-corrected chi connectivity index (χ1v) is 20.4. The van der Waals surface area contributed by atoms with Crippen molar-refractivity contribution in [2.45, 2.75) is 76.2 Å². The van der Waals surface area contributed by atoms with Crippen LogP contribution in [0.4, 0.5) is 20.3 Å². The Morgan fingerprint density at radius 1 is 1.03 bits per heavy atom. The number of carbonyl (C=O) groups is 1. The van der Waals surface area contributed by atoms with Gasteiger partial charge in [-0.05, 0) is 55.6 Å². The Bertz CT molecular complexity index is 2440. The van der Waals surface area contributed by atoms with E-state index in [-0.39, 0.29) is 24.9 Å². The highest BCUT2D eigenvalue weighted by atomic mass is 35.5. The second-order valence-corrected chi connectivity index (χ2v) is 15.3. The van der Waals surface area contributed by atoms with E-state index in [1.165, 1.54) is 19.3 Å². The molecule has 2 fully saturated rings.